The third-order valence-corrected chi connectivity index (χ3v) is 17.4. The Kier molecular flexibility index (Phi) is 15.5. The summed E-state index contributed by atoms with van der Waals surface area (Å²) in [5, 5.41) is 3.73. The van der Waals surface area contributed by atoms with Gasteiger partial charge in [0.25, 0.3) is 0 Å². The van der Waals surface area contributed by atoms with Gasteiger partial charge in [-0.25, -0.2) is 0 Å². The molecule has 3 rings (SSSR count). The summed E-state index contributed by atoms with van der Waals surface area (Å²) in [5.41, 5.74) is 0. The summed E-state index contributed by atoms with van der Waals surface area (Å²) in [6.45, 7) is 11.8. The van der Waals surface area contributed by atoms with Crippen LogP contribution in [0.2, 0.25) is 12.1 Å². The zero-order valence-electron chi connectivity index (χ0n) is 26.6. The van der Waals surface area contributed by atoms with E-state index in [2.05, 4.69) is 69.4 Å². The van der Waals surface area contributed by atoms with Crippen molar-refractivity contribution in [3.8, 4) is 9.75 Å². The highest BCUT2D eigenvalue weighted by Crippen LogP contribution is 2.44. The largest absolute Gasteiger partial charge is 0.140 e. The maximum Gasteiger partial charge on any atom is 0.122 e. The molecule has 0 N–H and O–H groups in total. The van der Waals surface area contributed by atoms with E-state index in [1.165, 1.54) is 141 Å². The molecule has 3 heterocycles. The van der Waals surface area contributed by atoms with E-state index in [0.29, 0.717) is 0 Å². The maximum absolute atomic E-state index is 2.67. The molecule has 2 aromatic heterocycles. The van der Waals surface area contributed by atoms with E-state index in [4.69, 9.17) is 0 Å². The van der Waals surface area contributed by atoms with Crippen molar-refractivity contribution in [3.63, 3.8) is 0 Å². The molecule has 0 fully saturated rings. The van der Waals surface area contributed by atoms with E-state index in [-0.39, 0.29) is 0 Å². The van der Waals surface area contributed by atoms with E-state index in [1.807, 2.05) is 10.4 Å². The molecule has 222 valence electrons. The fourth-order valence-electron chi connectivity index (χ4n) is 7.27. The second-order valence-electron chi connectivity index (χ2n) is 13.0. The van der Waals surface area contributed by atoms with Crippen molar-refractivity contribution in [2.24, 2.45) is 5.92 Å². The predicted molar refractivity (Wildman–Crippen MR) is 185 cm³/mol. The average Bonchev–Trinajstić information content (AvgIpc) is 3.56. The van der Waals surface area contributed by atoms with Crippen LogP contribution in [0, 0.1) is 19.8 Å². The van der Waals surface area contributed by atoms with E-state index in [9.17, 15) is 0 Å². The highest BCUT2D eigenvalue weighted by molar-refractivity contribution is 7.29. The lowest BCUT2D eigenvalue weighted by atomic mass is 9.97. The molecule has 1 unspecified atom stereocenters. The van der Waals surface area contributed by atoms with Crippen LogP contribution in [0.4, 0.5) is 0 Å². The van der Waals surface area contributed by atoms with E-state index in [0.717, 1.165) is 5.92 Å². The van der Waals surface area contributed by atoms with Crippen molar-refractivity contribution in [1.82, 2.24) is 0 Å². The molecule has 0 aliphatic carbocycles. The molecular weight excluding hydrogens is 525 g/mol. The molecule has 0 nitrogen and oxygen atoms in total. The molecule has 0 spiro atoms. The van der Waals surface area contributed by atoms with Crippen LogP contribution in [0.15, 0.2) is 12.1 Å². The average molecular weight is 587 g/mol. The van der Waals surface area contributed by atoms with Crippen LogP contribution in [-0.4, -0.2) is 8.07 Å². The Hall–Kier alpha value is -0.383. The van der Waals surface area contributed by atoms with E-state index in [1.54, 1.807) is 19.5 Å². The quantitative estimate of drug-likeness (QED) is 0.0897. The van der Waals surface area contributed by atoms with Gasteiger partial charge in [0, 0.05) is 19.5 Å². The van der Waals surface area contributed by atoms with Crippen LogP contribution in [0.3, 0.4) is 0 Å². The second-order valence-corrected chi connectivity index (χ2v) is 19.6. The molecule has 2 aromatic rings. The highest BCUT2D eigenvalue weighted by Gasteiger charge is 2.48. The number of hydrogen-bond donors (Lipinski definition) is 0. The topological polar surface area (TPSA) is 0 Å². The van der Waals surface area contributed by atoms with Crippen molar-refractivity contribution in [3.05, 3.63) is 21.9 Å². The molecule has 3 heteroatoms. The Balaban J connectivity index is 1.63. The first-order chi connectivity index (χ1) is 19.1. The Labute approximate surface area is 252 Å². The van der Waals surface area contributed by atoms with Gasteiger partial charge >= 0.3 is 0 Å². The Morgan fingerprint density at radius 3 is 1.44 bits per heavy atom. The van der Waals surface area contributed by atoms with Gasteiger partial charge in [-0.15, -0.1) is 22.7 Å². The van der Waals surface area contributed by atoms with Crippen LogP contribution >= 0.6 is 22.7 Å². The number of aryl methyl sites for hydroxylation is 2. The van der Waals surface area contributed by atoms with Gasteiger partial charge in [-0.05, 0) is 54.4 Å². The lowest BCUT2D eigenvalue weighted by Gasteiger charge is -2.33. The number of thiophene rings is 2. The van der Waals surface area contributed by atoms with Gasteiger partial charge in [-0.1, -0.05) is 149 Å². The van der Waals surface area contributed by atoms with Crippen LogP contribution in [0.25, 0.3) is 9.75 Å². The van der Waals surface area contributed by atoms with Crippen molar-refractivity contribution in [2.75, 3.05) is 0 Å². The molecule has 0 radical (unpaired) electrons. The summed E-state index contributed by atoms with van der Waals surface area (Å²) < 4.78 is 0. The minimum Gasteiger partial charge on any atom is -0.140 e. The van der Waals surface area contributed by atoms with Gasteiger partial charge in [-0.3, -0.25) is 0 Å². The lowest BCUT2D eigenvalue weighted by Crippen LogP contribution is -2.55. The molecule has 39 heavy (non-hydrogen) atoms. The number of unbranched alkanes of at least 4 members (excludes halogenated alkanes) is 15. The summed E-state index contributed by atoms with van der Waals surface area (Å²) in [6.07, 6.45) is 28.8. The summed E-state index contributed by atoms with van der Waals surface area (Å²) in [5.74, 6) is 0.935. The maximum atomic E-state index is 2.67. The molecule has 0 amide bonds. The fraction of sp³-hybridized carbons (Fsp3) is 0.778. The highest BCUT2D eigenvalue weighted by atomic mass is 32.1. The van der Waals surface area contributed by atoms with Crippen molar-refractivity contribution >= 4 is 41.1 Å². The van der Waals surface area contributed by atoms with E-state index < -0.39 is 8.07 Å². The molecular formula is C36H62S2Si. The van der Waals surface area contributed by atoms with Gasteiger partial charge in [0.05, 0.1) is 0 Å². The molecule has 1 atom stereocenters. The summed E-state index contributed by atoms with van der Waals surface area (Å²) >= 11 is 4.22. The summed E-state index contributed by atoms with van der Waals surface area (Å²) in [7, 11) is -1.69. The van der Waals surface area contributed by atoms with Crippen molar-refractivity contribution < 1.29 is 0 Å². The van der Waals surface area contributed by atoms with Crippen molar-refractivity contribution in [2.45, 2.75) is 175 Å². The number of rotatable bonds is 23. The third kappa shape index (κ3) is 9.85. The van der Waals surface area contributed by atoms with Gasteiger partial charge in [0.1, 0.15) is 8.07 Å². The Morgan fingerprint density at radius 1 is 0.538 bits per heavy atom. The van der Waals surface area contributed by atoms with Crippen LogP contribution in [0.1, 0.15) is 159 Å². The fourth-order valence-corrected chi connectivity index (χ4v) is 17.0. The second kappa shape index (κ2) is 18.2. The smallest absolute Gasteiger partial charge is 0.122 e. The minimum absolute atomic E-state index is 0.935. The zero-order valence-corrected chi connectivity index (χ0v) is 29.2. The van der Waals surface area contributed by atoms with Gasteiger partial charge in [0.15, 0.2) is 0 Å². The molecule has 1 aliphatic heterocycles. The standard InChI is InChI=1S/C36H62S2Si/c1-6-9-12-14-15-16-17-18-19-20-21-23-26-39(29-32(24-11-8-3)25-22-13-10-7-2)33-27-30(4)37-35(33)36-34(39)28-31(5)38-36/h27-28,32H,6-26,29H2,1-5H3. The Bertz CT molecular complexity index is 876. The normalized spacial score (nSPS) is 14.6. The van der Waals surface area contributed by atoms with Crippen LogP contribution in [-0.2, 0) is 0 Å². The molecule has 0 aromatic carbocycles. The zero-order chi connectivity index (χ0) is 27.9. The van der Waals surface area contributed by atoms with Crippen molar-refractivity contribution in [1.29, 1.82) is 0 Å². The summed E-state index contributed by atoms with van der Waals surface area (Å²) in [6, 6.07) is 8.38. The van der Waals surface area contributed by atoms with Crippen LogP contribution < -0.4 is 10.4 Å². The lowest BCUT2D eigenvalue weighted by molar-refractivity contribution is 0.440. The number of fused-ring (bicyclic) bond motifs is 3. The SMILES string of the molecule is CCCCCCCCCCCCCC[Si]1(CC(CCCC)CCCCCC)c2cc(C)sc2-c2sc(C)cc21. The van der Waals surface area contributed by atoms with Gasteiger partial charge < -0.3 is 0 Å². The molecule has 0 saturated heterocycles. The predicted octanol–water partition coefficient (Wildman–Crippen LogP) is 12.4. The minimum atomic E-state index is -1.69. The monoisotopic (exact) mass is 586 g/mol. The first kappa shape index (κ1) is 33.1. The van der Waals surface area contributed by atoms with Gasteiger partial charge in [-0.2, -0.15) is 0 Å². The van der Waals surface area contributed by atoms with Gasteiger partial charge in [0.2, 0.25) is 0 Å². The number of hydrogen-bond acceptors (Lipinski definition) is 2. The molecule has 0 bridgehead atoms. The van der Waals surface area contributed by atoms with E-state index >= 15 is 0 Å². The first-order valence-corrected chi connectivity index (χ1v) is 21.3. The Morgan fingerprint density at radius 2 is 0.949 bits per heavy atom. The van der Waals surface area contributed by atoms with Crippen LogP contribution in [0.5, 0.6) is 0 Å². The third-order valence-electron chi connectivity index (χ3n) is 9.47. The molecule has 0 saturated carbocycles. The first-order valence-electron chi connectivity index (χ1n) is 17.3. The molecule has 1 aliphatic rings. The summed E-state index contributed by atoms with van der Waals surface area (Å²) in [4.78, 5) is 6.51.